The van der Waals surface area contributed by atoms with Gasteiger partial charge in [0.1, 0.15) is 3.57 Å². The lowest BCUT2D eigenvalue weighted by Crippen LogP contribution is -2.13. The summed E-state index contributed by atoms with van der Waals surface area (Å²) >= 11 is 1.77. The molecule has 0 fully saturated rings. The van der Waals surface area contributed by atoms with Gasteiger partial charge < -0.3 is 10.3 Å². The third-order valence-electron chi connectivity index (χ3n) is 2.00. The van der Waals surface area contributed by atoms with Gasteiger partial charge in [-0.1, -0.05) is 6.07 Å². The van der Waals surface area contributed by atoms with Crippen LogP contribution in [-0.4, -0.2) is 9.97 Å². The van der Waals surface area contributed by atoms with Gasteiger partial charge >= 0.3 is 0 Å². The Kier molecular flexibility index (Phi) is 3.36. The van der Waals surface area contributed by atoms with E-state index in [-0.39, 0.29) is 20.6 Å². The van der Waals surface area contributed by atoms with E-state index in [1.54, 1.807) is 22.6 Å². The first-order valence-corrected chi connectivity index (χ1v) is 5.61. The Balaban J connectivity index is 2.42. The molecule has 1 heterocycles. The average molecular weight is 349 g/mol. The fourth-order valence-corrected chi connectivity index (χ4v) is 1.63. The van der Waals surface area contributed by atoms with Gasteiger partial charge in [-0.3, -0.25) is 4.79 Å². The monoisotopic (exact) mass is 349 g/mol. The summed E-state index contributed by atoms with van der Waals surface area (Å²) in [5.41, 5.74) is -0.416. The highest BCUT2D eigenvalue weighted by Gasteiger charge is 2.11. The summed E-state index contributed by atoms with van der Waals surface area (Å²) in [6.07, 6.45) is 1.18. The smallest absolute Gasteiger partial charge is 0.266 e. The van der Waals surface area contributed by atoms with Crippen molar-refractivity contribution in [3.63, 3.8) is 0 Å². The SMILES string of the molecule is O=c1[nH]cnc(Nc2cccc(F)c2F)c1I. The third-order valence-corrected chi connectivity index (χ3v) is 3.00. The quantitative estimate of drug-likeness (QED) is 0.819. The maximum absolute atomic E-state index is 13.4. The number of H-pyrrole nitrogens is 1. The summed E-state index contributed by atoms with van der Waals surface area (Å²) in [6, 6.07) is 3.73. The van der Waals surface area contributed by atoms with Crippen LogP contribution in [0.3, 0.4) is 0 Å². The molecule has 0 bridgehead atoms. The number of nitrogens with one attached hydrogen (secondary N) is 2. The number of halogens is 3. The molecule has 0 saturated heterocycles. The topological polar surface area (TPSA) is 57.8 Å². The molecule has 2 rings (SSSR count). The molecule has 17 heavy (non-hydrogen) atoms. The number of nitrogens with zero attached hydrogens (tertiary/aromatic N) is 1. The summed E-state index contributed by atoms with van der Waals surface area (Å²) in [6.45, 7) is 0. The molecule has 0 atom stereocenters. The highest BCUT2D eigenvalue weighted by molar-refractivity contribution is 14.1. The standard InChI is InChI=1S/C10H6F2IN3O/c11-5-2-1-3-6(7(5)12)16-9-8(13)10(17)15-4-14-9/h1-4H,(H2,14,15,16,17). The molecule has 4 nitrogen and oxygen atoms in total. The fraction of sp³-hybridized carbons (Fsp3) is 0. The van der Waals surface area contributed by atoms with Crippen LogP contribution >= 0.6 is 22.6 Å². The van der Waals surface area contributed by atoms with Gasteiger partial charge in [0.25, 0.3) is 5.56 Å². The molecule has 2 aromatic rings. The van der Waals surface area contributed by atoms with Crippen LogP contribution in [0.4, 0.5) is 20.3 Å². The number of rotatable bonds is 2. The molecular weight excluding hydrogens is 343 g/mol. The van der Waals surface area contributed by atoms with Crippen molar-refractivity contribution in [2.24, 2.45) is 0 Å². The van der Waals surface area contributed by atoms with Gasteiger partial charge in [-0.2, -0.15) is 0 Å². The van der Waals surface area contributed by atoms with E-state index in [0.717, 1.165) is 6.07 Å². The number of anilines is 2. The van der Waals surface area contributed by atoms with Crippen LogP contribution in [0.2, 0.25) is 0 Å². The van der Waals surface area contributed by atoms with Gasteiger partial charge in [-0.25, -0.2) is 13.8 Å². The molecule has 0 amide bonds. The molecule has 0 aliphatic rings. The predicted molar refractivity (Wildman–Crippen MR) is 67.2 cm³/mol. The first-order chi connectivity index (χ1) is 8.09. The number of aromatic amines is 1. The Labute approximate surface area is 108 Å². The maximum atomic E-state index is 13.4. The zero-order valence-corrected chi connectivity index (χ0v) is 10.5. The van der Waals surface area contributed by atoms with Crippen LogP contribution in [0, 0.1) is 15.2 Å². The molecule has 0 aliphatic heterocycles. The van der Waals surface area contributed by atoms with Crippen LogP contribution < -0.4 is 10.9 Å². The molecule has 0 unspecified atom stereocenters. The maximum Gasteiger partial charge on any atom is 0.266 e. The summed E-state index contributed by atoms with van der Waals surface area (Å²) < 4.78 is 26.6. The van der Waals surface area contributed by atoms with Crippen molar-refractivity contribution in [1.29, 1.82) is 0 Å². The third kappa shape index (κ3) is 2.43. The lowest BCUT2D eigenvalue weighted by atomic mass is 10.3. The van der Waals surface area contributed by atoms with E-state index in [2.05, 4.69) is 15.3 Å². The van der Waals surface area contributed by atoms with Crippen molar-refractivity contribution in [2.45, 2.75) is 0 Å². The van der Waals surface area contributed by atoms with E-state index in [0.29, 0.717) is 0 Å². The minimum absolute atomic E-state index is 0.0685. The number of hydrogen-bond acceptors (Lipinski definition) is 3. The second kappa shape index (κ2) is 4.78. The molecule has 0 aliphatic carbocycles. The molecule has 0 radical (unpaired) electrons. The molecule has 1 aromatic carbocycles. The predicted octanol–water partition coefficient (Wildman–Crippen LogP) is 2.40. The van der Waals surface area contributed by atoms with Gasteiger partial charge in [-0.05, 0) is 34.7 Å². The van der Waals surface area contributed by atoms with E-state index < -0.39 is 11.6 Å². The molecule has 2 N–H and O–H groups in total. The van der Waals surface area contributed by atoms with Crippen LogP contribution in [0.15, 0.2) is 29.3 Å². The van der Waals surface area contributed by atoms with Gasteiger partial charge in [0.2, 0.25) is 0 Å². The van der Waals surface area contributed by atoms with Crippen molar-refractivity contribution >= 4 is 34.1 Å². The van der Waals surface area contributed by atoms with Crippen LogP contribution in [0.5, 0.6) is 0 Å². The van der Waals surface area contributed by atoms with Crippen molar-refractivity contribution < 1.29 is 8.78 Å². The minimum atomic E-state index is -1.01. The van der Waals surface area contributed by atoms with E-state index in [1.807, 2.05) is 0 Å². The molecular formula is C10H6F2IN3O. The Hall–Kier alpha value is -1.51. The molecule has 7 heteroatoms. The largest absolute Gasteiger partial charge is 0.337 e. The number of hydrogen-bond donors (Lipinski definition) is 2. The summed E-state index contributed by atoms with van der Waals surface area (Å²) in [4.78, 5) is 17.5. The zero-order valence-electron chi connectivity index (χ0n) is 8.30. The second-order valence-electron chi connectivity index (χ2n) is 3.12. The Morgan fingerprint density at radius 1 is 1.35 bits per heavy atom. The summed E-state index contributed by atoms with van der Waals surface area (Å²) in [7, 11) is 0. The number of aromatic nitrogens is 2. The molecule has 0 saturated carbocycles. The van der Waals surface area contributed by atoms with Gasteiger partial charge in [0.05, 0.1) is 12.0 Å². The first-order valence-electron chi connectivity index (χ1n) is 4.54. The van der Waals surface area contributed by atoms with Gasteiger partial charge in [-0.15, -0.1) is 0 Å². The zero-order chi connectivity index (χ0) is 12.4. The Bertz CT molecular complexity index is 615. The van der Waals surface area contributed by atoms with Crippen molar-refractivity contribution in [3.8, 4) is 0 Å². The summed E-state index contributed by atoms with van der Waals surface area (Å²) in [5, 5.41) is 2.57. The van der Waals surface area contributed by atoms with Crippen molar-refractivity contribution in [1.82, 2.24) is 9.97 Å². The summed E-state index contributed by atoms with van der Waals surface area (Å²) in [5.74, 6) is -1.79. The van der Waals surface area contributed by atoms with E-state index in [9.17, 15) is 13.6 Å². The van der Waals surface area contributed by atoms with Crippen LogP contribution in [-0.2, 0) is 0 Å². The molecule has 0 spiro atoms. The lowest BCUT2D eigenvalue weighted by molar-refractivity contribution is 0.511. The van der Waals surface area contributed by atoms with Crippen molar-refractivity contribution in [3.05, 3.63) is 50.1 Å². The van der Waals surface area contributed by atoms with E-state index in [4.69, 9.17) is 0 Å². The van der Waals surface area contributed by atoms with E-state index in [1.165, 1.54) is 18.5 Å². The number of benzene rings is 1. The second-order valence-corrected chi connectivity index (χ2v) is 4.20. The van der Waals surface area contributed by atoms with Crippen LogP contribution in [0.25, 0.3) is 0 Å². The molecule has 88 valence electrons. The highest BCUT2D eigenvalue weighted by Crippen LogP contribution is 2.21. The van der Waals surface area contributed by atoms with Crippen molar-refractivity contribution in [2.75, 3.05) is 5.32 Å². The normalized spacial score (nSPS) is 10.3. The van der Waals surface area contributed by atoms with Crippen LogP contribution in [0.1, 0.15) is 0 Å². The van der Waals surface area contributed by atoms with Gasteiger partial charge in [0, 0.05) is 0 Å². The fourth-order valence-electron chi connectivity index (χ4n) is 1.20. The average Bonchev–Trinajstić information content (AvgIpc) is 2.31. The molecule has 1 aromatic heterocycles. The lowest BCUT2D eigenvalue weighted by Gasteiger charge is -2.07. The Morgan fingerprint density at radius 3 is 2.88 bits per heavy atom. The van der Waals surface area contributed by atoms with E-state index >= 15 is 0 Å². The minimum Gasteiger partial charge on any atom is -0.337 e. The first kappa shape index (κ1) is 12.0. The Morgan fingerprint density at radius 2 is 2.12 bits per heavy atom. The van der Waals surface area contributed by atoms with Gasteiger partial charge in [0.15, 0.2) is 17.5 Å². The highest BCUT2D eigenvalue weighted by atomic mass is 127.